The molecule has 0 aliphatic heterocycles. The molecule has 0 aliphatic carbocycles. The number of aryl methyl sites for hydroxylation is 1. The lowest BCUT2D eigenvalue weighted by Gasteiger charge is -2.05. The molecule has 0 bridgehead atoms. The van der Waals surface area contributed by atoms with E-state index in [2.05, 4.69) is 19.9 Å². The van der Waals surface area contributed by atoms with Crippen LogP contribution in [0.5, 0.6) is 11.8 Å². The molecular formula is C13H13N5O2S. The van der Waals surface area contributed by atoms with E-state index in [0.29, 0.717) is 17.6 Å². The van der Waals surface area contributed by atoms with Crippen LogP contribution in [0.1, 0.15) is 5.69 Å². The van der Waals surface area contributed by atoms with Crippen LogP contribution < -0.4 is 9.47 Å². The summed E-state index contributed by atoms with van der Waals surface area (Å²) in [5.41, 5.74) is 0.846. The first-order chi connectivity index (χ1) is 10.2. The predicted octanol–water partition coefficient (Wildman–Crippen LogP) is 2.11. The molecule has 0 fully saturated rings. The number of ether oxygens (including phenoxy) is 2. The van der Waals surface area contributed by atoms with Gasteiger partial charge in [0, 0.05) is 12.4 Å². The lowest BCUT2D eigenvalue weighted by atomic mass is 10.3. The van der Waals surface area contributed by atoms with Gasteiger partial charge in [0.1, 0.15) is 6.33 Å². The van der Waals surface area contributed by atoms with Crippen LogP contribution >= 0.6 is 11.3 Å². The number of methoxy groups -OCH3 is 2. The molecule has 0 aliphatic rings. The predicted molar refractivity (Wildman–Crippen MR) is 78.1 cm³/mol. The second kappa shape index (κ2) is 5.49. The van der Waals surface area contributed by atoms with Crippen LogP contribution in [0, 0.1) is 6.92 Å². The number of hydrogen-bond acceptors (Lipinski definition) is 7. The minimum atomic E-state index is 0.453. The summed E-state index contributed by atoms with van der Waals surface area (Å²) in [6.07, 6.45) is 5.26. The summed E-state index contributed by atoms with van der Waals surface area (Å²) in [5, 5.41) is 0.811. The Hall–Kier alpha value is -2.48. The Morgan fingerprint density at radius 1 is 1.10 bits per heavy atom. The number of aromatic nitrogens is 5. The third kappa shape index (κ3) is 2.57. The van der Waals surface area contributed by atoms with E-state index in [4.69, 9.17) is 9.47 Å². The zero-order valence-electron chi connectivity index (χ0n) is 11.8. The van der Waals surface area contributed by atoms with Crippen LogP contribution in [0.4, 0.5) is 0 Å². The van der Waals surface area contributed by atoms with Gasteiger partial charge in [0.15, 0.2) is 11.0 Å². The van der Waals surface area contributed by atoms with E-state index < -0.39 is 0 Å². The molecule has 8 heteroatoms. The molecule has 0 amide bonds. The van der Waals surface area contributed by atoms with Gasteiger partial charge in [-0.15, -0.1) is 0 Å². The van der Waals surface area contributed by atoms with Gasteiger partial charge in [-0.2, -0.15) is 9.97 Å². The third-order valence-corrected chi connectivity index (χ3v) is 3.98. The fourth-order valence-corrected chi connectivity index (χ4v) is 2.74. The van der Waals surface area contributed by atoms with Crippen molar-refractivity contribution in [2.24, 2.45) is 0 Å². The fraction of sp³-hybridized carbons (Fsp3) is 0.231. The maximum atomic E-state index is 5.18. The van der Waals surface area contributed by atoms with Crippen molar-refractivity contribution in [2.45, 2.75) is 6.92 Å². The first-order valence-electron chi connectivity index (χ1n) is 6.14. The highest BCUT2D eigenvalue weighted by molar-refractivity contribution is 7.17. The van der Waals surface area contributed by atoms with E-state index in [-0.39, 0.29) is 0 Å². The lowest BCUT2D eigenvalue weighted by Crippen LogP contribution is -1.96. The standard InChI is InChI=1S/C13H13N5O2S/c1-8-11(21-13(15-8)18-5-4-14-7-18)12-16-9(19-2)6-10(17-12)20-3/h4-7H,1-3H3. The van der Waals surface area contributed by atoms with Crippen molar-refractivity contribution in [1.29, 1.82) is 0 Å². The summed E-state index contributed by atoms with van der Waals surface area (Å²) in [7, 11) is 3.12. The zero-order valence-corrected chi connectivity index (χ0v) is 12.6. The van der Waals surface area contributed by atoms with E-state index in [1.54, 1.807) is 32.8 Å². The van der Waals surface area contributed by atoms with Crippen LogP contribution in [0.25, 0.3) is 15.8 Å². The molecule has 3 rings (SSSR count). The van der Waals surface area contributed by atoms with Crippen molar-refractivity contribution in [2.75, 3.05) is 14.2 Å². The Morgan fingerprint density at radius 2 is 1.81 bits per heavy atom. The molecule has 0 saturated carbocycles. The molecule has 0 spiro atoms. The number of thiazole rings is 1. The lowest BCUT2D eigenvalue weighted by molar-refractivity contribution is 0.373. The maximum absolute atomic E-state index is 5.18. The first-order valence-corrected chi connectivity index (χ1v) is 6.96. The van der Waals surface area contributed by atoms with Crippen molar-refractivity contribution in [3.05, 3.63) is 30.5 Å². The van der Waals surface area contributed by atoms with E-state index in [1.165, 1.54) is 11.3 Å². The van der Waals surface area contributed by atoms with Crippen molar-refractivity contribution in [1.82, 2.24) is 24.5 Å². The van der Waals surface area contributed by atoms with Gasteiger partial charge >= 0.3 is 0 Å². The largest absolute Gasteiger partial charge is 0.481 e. The Bertz CT molecular complexity index is 732. The molecule has 3 heterocycles. The summed E-state index contributed by atoms with van der Waals surface area (Å²) < 4.78 is 12.2. The Balaban J connectivity index is 2.08. The molecule has 0 N–H and O–H groups in total. The maximum Gasteiger partial charge on any atom is 0.220 e. The molecule has 0 aromatic carbocycles. The van der Waals surface area contributed by atoms with Gasteiger partial charge in [-0.3, -0.25) is 4.57 Å². The Labute approximate surface area is 125 Å². The Morgan fingerprint density at radius 3 is 2.38 bits per heavy atom. The van der Waals surface area contributed by atoms with Crippen LogP contribution in [0.3, 0.4) is 0 Å². The average Bonchev–Trinajstić information content (AvgIpc) is 3.15. The van der Waals surface area contributed by atoms with Gasteiger partial charge in [-0.05, 0) is 6.92 Å². The molecular weight excluding hydrogens is 290 g/mol. The molecule has 3 aromatic heterocycles. The molecule has 21 heavy (non-hydrogen) atoms. The van der Waals surface area contributed by atoms with Gasteiger partial charge in [0.05, 0.1) is 30.9 Å². The van der Waals surface area contributed by atoms with Crippen LogP contribution in [0.15, 0.2) is 24.8 Å². The van der Waals surface area contributed by atoms with E-state index in [0.717, 1.165) is 15.7 Å². The smallest absolute Gasteiger partial charge is 0.220 e. The fourth-order valence-electron chi connectivity index (χ4n) is 1.79. The minimum Gasteiger partial charge on any atom is -0.481 e. The number of hydrogen-bond donors (Lipinski definition) is 0. The minimum absolute atomic E-state index is 0.453. The average molecular weight is 303 g/mol. The molecule has 3 aromatic rings. The highest BCUT2D eigenvalue weighted by Crippen LogP contribution is 2.31. The van der Waals surface area contributed by atoms with E-state index in [9.17, 15) is 0 Å². The van der Waals surface area contributed by atoms with Crippen LogP contribution in [-0.4, -0.2) is 38.7 Å². The van der Waals surface area contributed by atoms with Crippen LogP contribution in [0.2, 0.25) is 0 Å². The second-order valence-corrected chi connectivity index (χ2v) is 5.13. The normalized spacial score (nSPS) is 10.6. The molecule has 7 nitrogen and oxygen atoms in total. The summed E-state index contributed by atoms with van der Waals surface area (Å²) >= 11 is 1.48. The van der Waals surface area contributed by atoms with Gasteiger partial charge in [0.2, 0.25) is 11.8 Å². The van der Waals surface area contributed by atoms with Gasteiger partial charge < -0.3 is 9.47 Å². The third-order valence-electron chi connectivity index (χ3n) is 2.81. The molecule has 0 saturated heterocycles. The van der Waals surface area contributed by atoms with Crippen molar-refractivity contribution < 1.29 is 9.47 Å². The topological polar surface area (TPSA) is 75.0 Å². The summed E-state index contributed by atoms with van der Waals surface area (Å²) in [5.74, 6) is 1.44. The molecule has 0 atom stereocenters. The summed E-state index contributed by atoms with van der Waals surface area (Å²) in [6.45, 7) is 1.92. The number of nitrogens with zero attached hydrogens (tertiary/aromatic N) is 5. The highest BCUT2D eigenvalue weighted by atomic mass is 32.1. The molecule has 0 unspecified atom stereocenters. The zero-order chi connectivity index (χ0) is 14.8. The first kappa shape index (κ1) is 13.5. The van der Waals surface area contributed by atoms with Crippen molar-refractivity contribution in [3.63, 3.8) is 0 Å². The second-order valence-electron chi connectivity index (χ2n) is 4.16. The van der Waals surface area contributed by atoms with Gasteiger partial charge in [-0.25, -0.2) is 9.97 Å². The van der Waals surface area contributed by atoms with Crippen molar-refractivity contribution >= 4 is 11.3 Å². The van der Waals surface area contributed by atoms with E-state index >= 15 is 0 Å². The monoisotopic (exact) mass is 303 g/mol. The Kier molecular flexibility index (Phi) is 3.53. The number of imidazole rings is 1. The van der Waals surface area contributed by atoms with Gasteiger partial charge in [-0.1, -0.05) is 11.3 Å². The summed E-state index contributed by atoms with van der Waals surface area (Å²) in [6, 6.07) is 1.64. The molecule has 0 radical (unpaired) electrons. The molecule has 108 valence electrons. The highest BCUT2D eigenvalue weighted by Gasteiger charge is 2.15. The van der Waals surface area contributed by atoms with E-state index in [1.807, 2.05) is 17.7 Å². The SMILES string of the molecule is COc1cc(OC)nc(-c2sc(-n3ccnc3)nc2C)n1. The quantitative estimate of drug-likeness (QED) is 0.735. The van der Waals surface area contributed by atoms with Crippen LogP contribution in [-0.2, 0) is 0 Å². The van der Waals surface area contributed by atoms with Crippen molar-refractivity contribution in [3.8, 4) is 27.6 Å². The summed E-state index contributed by atoms with van der Waals surface area (Å²) in [4.78, 5) is 18.1. The number of rotatable bonds is 4. The van der Waals surface area contributed by atoms with Gasteiger partial charge in [0.25, 0.3) is 0 Å².